The molecule has 6 aromatic carbocycles. The van der Waals surface area contributed by atoms with Crippen molar-refractivity contribution in [2.24, 2.45) is 0 Å². The monoisotopic (exact) mass is 601 g/mol. The summed E-state index contributed by atoms with van der Waals surface area (Å²) < 4.78 is 6.49. The minimum atomic E-state index is 0.586. The minimum absolute atomic E-state index is 0.586. The van der Waals surface area contributed by atoms with Gasteiger partial charge in [-0.2, -0.15) is 0 Å². The predicted octanol–water partition coefficient (Wildman–Crippen LogP) is 11.8. The molecule has 0 fully saturated rings. The van der Waals surface area contributed by atoms with Crippen molar-refractivity contribution in [3.8, 4) is 67.1 Å². The molecule has 220 valence electrons. The molecule has 0 saturated heterocycles. The molecule has 0 saturated carbocycles. The molecule has 8 rings (SSSR count). The maximum atomic E-state index is 7.23. The smallest absolute Gasteiger partial charge is 0.227 e. The molecule has 0 aliphatic rings. The summed E-state index contributed by atoms with van der Waals surface area (Å²) in [6, 6.07) is 51.7. The van der Waals surface area contributed by atoms with E-state index in [1.165, 1.54) is 5.56 Å². The summed E-state index contributed by atoms with van der Waals surface area (Å²) in [5, 5.41) is 0. The SMILES string of the molecule is [C-]#[N+]c1ccc(-c2ccc(-c3cc(-c4ccc(-c5cccnc5)cc4)c4nc(-c5ccc(-c6ccccc6)cc5)oc4c3)cc2)cc1. The molecule has 0 aliphatic carbocycles. The standard InChI is InChI=1S/C43H27N3O/c1-44-39-23-21-32(22-24-39)31-9-11-34(12-10-31)38-26-40(35-17-13-33(14-18-35)37-8-5-25-45-28-37)42-41(27-38)47-43(46-42)36-19-15-30(16-20-36)29-6-3-2-4-7-29/h2-28H. The van der Waals surface area contributed by atoms with Gasteiger partial charge in [-0.25, -0.2) is 9.83 Å². The number of oxazole rings is 1. The third-order valence-corrected chi connectivity index (χ3v) is 8.47. The zero-order chi connectivity index (χ0) is 31.6. The second-order valence-corrected chi connectivity index (χ2v) is 11.4. The largest absolute Gasteiger partial charge is 0.436 e. The zero-order valence-electron chi connectivity index (χ0n) is 25.3. The van der Waals surface area contributed by atoms with Crippen LogP contribution in [0.15, 0.2) is 168 Å². The van der Waals surface area contributed by atoms with Crippen molar-refractivity contribution in [1.29, 1.82) is 0 Å². The topological polar surface area (TPSA) is 43.3 Å². The Kier molecular flexibility index (Phi) is 7.18. The van der Waals surface area contributed by atoms with E-state index in [0.29, 0.717) is 11.6 Å². The van der Waals surface area contributed by atoms with Crippen LogP contribution in [-0.2, 0) is 0 Å². The van der Waals surface area contributed by atoms with E-state index in [1.54, 1.807) is 6.20 Å². The number of benzene rings is 6. The molecule has 0 N–H and O–H groups in total. The Bertz CT molecular complexity index is 2350. The molecule has 0 unspecified atom stereocenters. The Morgan fingerprint density at radius 2 is 0.979 bits per heavy atom. The molecule has 0 spiro atoms. The lowest BCUT2D eigenvalue weighted by Crippen LogP contribution is -1.86. The highest BCUT2D eigenvalue weighted by Crippen LogP contribution is 2.38. The van der Waals surface area contributed by atoms with Crippen molar-refractivity contribution in [1.82, 2.24) is 9.97 Å². The van der Waals surface area contributed by atoms with Gasteiger partial charge in [-0.1, -0.05) is 121 Å². The fourth-order valence-corrected chi connectivity index (χ4v) is 5.93. The molecular weight excluding hydrogens is 574 g/mol. The van der Waals surface area contributed by atoms with Crippen molar-refractivity contribution < 1.29 is 4.42 Å². The first kappa shape index (κ1) is 27.9. The maximum Gasteiger partial charge on any atom is 0.227 e. The number of rotatable bonds is 6. The molecule has 47 heavy (non-hydrogen) atoms. The van der Waals surface area contributed by atoms with Crippen molar-refractivity contribution in [2.45, 2.75) is 0 Å². The van der Waals surface area contributed by atoms with Gasteiger partial charge < -0.3 is 4.42 Å². The lowest BCUT2D eigenvalue weighted by Gasteiger charge is -2.09. The third kappa shape index (κ3) is 5.59. The second kappa shape index (κ2) is 12.1. The van der Waals surface area contributed by atoms with E-state index in [0.717, 1.165) is 66.7 Å². The van der Waals surface area contributed by atoms with Crippen molar-refractivity contribution in [3.63, 3.8) is 0 Å². The first-order chi connectivity index (χ1) is 23.2. The molecule has 4 heteroatoms. The molecule has 0 radical (unpaired) electrons. The Morgan fingerprint density at radius 1 is 0.468 bits per heavy atom. The van der Waals surface area contributed by atoms with Crippen LogP contribution in [0.2, 0.25) is 0 Å². The van der Waals surface area contributed by atoms with Gasteiger partial charge in [0.15, 0.2) is 11.3 Å². The predicted molar refractivity (Wildman–Crippen MR) is 191 cm³/mol. The van der Waals surface area contributed by atoms with Crippen LogP contribution in [0.3, 0.4) is 0 Å². The number of nitrogens with zero attached hydrogens (tertiary/aromatic N) is 3. The summed E-state index contributed by atoms with van der Waals surface area (Å²) in [4.78, 5) is 12.8. The van der Waals surface area contributed by atoms with Gasteiger partial charge in [-0.3, -0.25) is 4.98 Å². The Labute approximate surface area is 273 Å². The van der Waals surface area contributed by atoms with Gasteiger partial charge in [0.1, 0.15) is 5.52 Å². The first-order valence-corrected chi connectivity index (χ1v) is 15.4. The van der Waals surface area contributed by atoms with Gasteiger partial charge in [-0.05, 0) is 80.4 Å². The number of aromatic nitrogens is 2. The minimum Gasteiger partial charge on any atom is -0.436 e. The molecular formula is C43H27N3O. The average Bonchev–Trinajstić information content (AvgIpc) is 3.60. The number of hydrogen-bond donors (Lipinski definition) is 0. The quantitative estimate of drug-likeness (QED) is 0.178. The van der Waals surface area contributed by atoms with Crippen LogP contribution in [0.5, 0.6) is 0 Å². The van der Waals surface area contributed by atoms with Crippen LogP contribution >= 0.6 is 0 Å². The van der Waals surface area contributed by atoms with E-state index >= 15 is 0 Å². The van der Waals surface area contributed by atoms with Gasteiger partial charge in [0.2, 0.25) is 5.89 Å². The van der Waals surface area contributed by atoms with Gasteiger partial charge >= 0.3 is 0 Å². The molecule has 0 aliphatic heterocycles. The van der Waals surface area contributed by atoms with Crippen LogP contribution in [0.25, 0.3) is 83.0 Å². The van der Waals surface area contributed by atoms with Crippen LogP contribution < -0.4 is 0 Å². The van der Waals surface area contributed by atoms with Gasteiger partial charge in [0.05, 0.1) is 6.57 Å². The molecule has 2 aromatic heterocycles. The fraction of sp³-hybridized carbons (Fsp3) is 0. The van der Waals surface area contributed by atoms with Gasteiger partial charge in [0, 0.05) is 23.5 Å². The van der Waals surface area contributed by atoms with E-state index < -0.39 is 0 Å². The first-order valence-electron chi connectivity index (χ1n) is 15.4. The summed E-state index contributed by atoms with van der Waals surface area (Å²) >= 11 is 0. The van der Waals surface area contributed by atoms with Crippen LogP contribution in [0, 0.1) is 6.57 Å². The molecule has 2 heterocycles. The number of hydrogen-bond acceptors (Lipinski definition) is 3. The third-order valence-electron chi connectivity index (χ3n) is 8.47. The average molecular weight is 602 g/mol. The van der Waals surface area contributed by atoms with Crippen molar-refractivity contribution in [3.05, 3.63) is 175 Å². The maximum absolute atomic E-state index is 7.23. The van der Waals surface area contributed by atoms with E-state index in [2.05, 4.69) is 113 Å². The molecule has 0 amide bonds. The van der Waals surface area contributed by atoms with Crippen LogP contribution in [0.4, 0.5) is 5.69 Å². The van der Waals surface area contributed by atoms with E-state index in [1.807, 2.05) is 54.7 Å². The second-order valence-electron chi connectivity index (χ2n) is 11.4. The van der Waals surface area contributed by atoms with E-state index in [-0.39, 0.29) is 0 Å². The molecule has 8 aromatic rings. The fourth-order valence-electron chi connectivity index (χ4n) is 5.93. The lowest BCUT2D eigenvalue weighted by atomic mass is 9.95. The van der Waals surface area contributed by atoms with Crippen molar-refractivity contribution >= 4 is 16.8 Å². The molecule has 0 atom stereocenters. The number of pyridine rings is 1. The van der Waals surface area contributed by atoms with Crippen LogP contribution in [0.1, 0.15) is 0 Å². The molecule has 0 bridgehead atoms. The highest BCUT2D eigenvalue weighted by atomic mass is 16.3. The van der Waals surface area contributed by atoms with E-state index in [4.69, 9.17) is 16.0 Å². The van der Waals surface area contributed by atoms with Crippen molar-refractivity contribution in [2.75, 3.05) is 0 Å². The summed E-state index contributed by atoms with van der Waals surface area (Å²) in [5.41, 5.74) is 14.0. The molecule has 4 nitrogen and oxygen atoms in total. The Morgan fingerprint density at radius 3 is 1.57 bits per heavy atom. The summed E-state index contributed by atoms with van der Waals surface area (Å²) in [5.74, 6) is 0.586. The summed E-state index contributed by atoms with van der Waals surface area (Å²) in [6.45, 7) is 7.23. The van der Waals surface area contributed by atoms with Gasteiger partial charge in [-0.15, -0.1) is 0 Å². The highest BCUT2D eigenvalue weighted by molar-refractivity contribution is 5.96. The lowest BCUT2D eigenvalue weighted by molar-refractivity contribution is 0.620. The number of fused-ring (bicyclic) bond motifs is 1. The summed E-state index contributed by atoms with van der Waals surface area (Å²) in [7, 11) is 0. The summed E-state index contributed by atoms with van der Waals surface area (Å²) in [6.07, 6.45) is 3.67. The van der Waals surface area contributed by atoms with Gasteiger partial charge in [0.25, 0.3) is 0 Å². The van der Waals surface area contributed by atoms with E-state index in [9.17, 15) is 0 Å². The van der Waals surface area contributed by atoms with Crippen LogP contribution in [-0.4, -0.2) is 9.97 Å². The zero-order valence-corrected chi connectivity index (χ0v) is 25.3. The highest BCUT2D eigenvalue weighted by Gasteiger charge is 2.16. The Hall–Kier alpha value is -6.57. The normalized spacial score (nSPS) is 11.0. The Balaban J connectivity index is 1.20.